The van der Waals surface area contributed by atoms with E-state index < -0.39 is 0 Å². The molecular weight excluding hydrogens is 439 g/mol. The summed E-state index contributed by atoms with van der Waals surface area (Å²) >= 11 is 1.69. The molecule has 2 aliphatic rings. The quantitative estimate of drug-likeness (QED) is 0.481. The third-order valence-electron chi connectivity index (χ3n) is 6.54. The van der Waals surface area contributed by atoms with Crippen LogP contribution in [0.3, 0.4) is 0 Å². The third kappa shape index (κ3) is 3.53. The molecule has 4 aromatic rings. The molecule has 0 radical (unpaired) electrons. The van der Waals surface area contributed by atoms with Crippen molar-refractivity contribution in [1.29, 1.82) is 5.26 Å². The number of hydrogen-bond acceptors (Lipinski definition) is 7. The van der Waals surface area contributed by atoms with Crippen molar-refractivity contribution in [2.24, 2.45) is 5.92 Å². The normalized spacial score (nSPS) is 18.5. The van der Waals surface area contributed by atoms with E-state index >= 15 is 0 Å². The van der Waals surface area contributed by atoms with Gasteiger partial charge < -0.3 is 9.88 Å². The van der Waals surface area contributed by atoms with Gasteiger partial charge in [0.1, 0.15) is 17.0 Å². The summed E-state index contributed by atoms with van der Waals surface area (Å²) in [6.07, 6.45) is 9.16. The lowest BCUT2D eigenvalue weighted by molar-refractivity contribution is 0.331. The van der Waals surface area contributed by atoms with E-state index in [0.717, 1.165) is 51.5 Å². The molecule has 0 amide bonds. The first kappa shape index (κ1) is 20.2. The first-order valence-electron chi connectivity index (χ1n) is 11.0. The van der Waals surface area contributed by atoms with Crippen LogP contribution in [0.4, 0.5) is 10.2 Å². The number of aryl methyl sites for hydroxylation is 1. The number of nitrogens with one attached hydrogen (secondary N) is 1. The molecule has 0 spiro atoms. The first-order chi connectivity index (χ1) is 16.2. The Kier molecular flexibility index (Phi) is 4.99. The number of hydrogen-bond donors (Lipinski definition) is 1. The summed E-state index contributed by atoms with van der Waals surface area (Å²) in [4.78, 5) is 18.4. The second-order valence-electron chi connectivity index (χ2n) is 8.45. The van der Waals surface area contributed by atoms with Crippen LogP contribution in [-0.4, -0.2) is 48.6 Å². The summed E-state index contributed by atoms with van der Waals surface area (Å²) < 4.78 is 16.7. The number of rotatable bonds is 5. The van der Waals surface area contributed by atoms with Gasteiger partial charge in [0.25, 0.3) is 0 Å². The van der Waals surface area contributed by atoms with Crippen LogP contribution >= 0.6 is 11.8 Å². The van der Waals surface area contributed by atoms with Crippen LogP contribution < -0.4 is 4.90 Å². The summed E-state index contributed by atoms with van der Waals surface area (Å²) in [5.41, 5.74) is 3.46. The van der Waals surface area contributed by atoms with Crippen molar-refractivity contribution in [1.82, 2.24) is 29.7 Å². The van der Waals surface area contributed by atoms with Gasteiger partial charge in [-0.15, -0.1) is 11.8 Å². The van der Waals surface area contributed by atoms with Gasteiger partial charge in [-0.25, -0.2) is 19.3 Å². The standard InChI is InChI=1S/C23H21FN8S/c24-18-9-14-4-8-33-23(14)30-22(18)31-7-3-15(11-31)19(1-5-25)32-12-16(10-29-32)20-17-2-6-26-21(17)28-13-27-20/h2,6,9-10,12-13,15,19H,1,3-4,7-8,11H2,(H,26,27,28)/t15-,19-/m0/s1. The number of aromatic amines is 1. The van der Waals surface area contributed by atoms with Crippen LogP contribution in [0, 0.1) is 23.1 Å². The highest BCUT2D eigenvalue weighted by molar-refractivity contribution is 7.99. The number of H-pyrrole nitrogens is 1. The number of thioether (sulfide) groups is 1. The molecular formula is C23H21FN8S. The lowest BCUT2D eigenvalue weighted by Crippen LogP contribution is -2.26. The zero-order chi connectivity index (χ0) is 22.4. The predicted octanol–water partition coefficient (Wildman–Crippen LogP) is 3.98. The van der Waals surface area contributed by atoms with Crippen molar-refractivity contribution in [3.05, 3.63) is 48.4 Å². The van der Waals surface area contributed by atoms with Gasteiger partial charge in [0.15, 0.2) is 11.6 Å². The fourth-order valence-corrected chi connectivity index (χ4v) is 5.90. The molecule has 2 aliphatic heterocycles. The Labute approximate surface area is 193 Å². The van der Waals surface area contributed by atoms with E-state index in [0.29, 0.717) is 25.3 Å². The lowest BCUT2D eigenvalue weighted by atomic mass is 9.96. The van der Waals surface area contributed by atoms with Gasteiger partial charge in [0, 0.05) is 48.1 Å². The van der Waals surface area contributed by atoms with Gasteiger partial charge in [-0.2, -0.15) is 10.4 Å². The summed E-state index contributed by atoms with van der Waals surface area (Å²) in [6, 6.07) is 5.79. The Balaban J connectivity index is 1.26. The minimum atomic E-state index is -0.255. The molecule has 0 bridgehead atoms. The van der Waals surface area contributed by atoms with Crippen molar-refractivity contribution in [3.8, 4) is 17.3 Å². The summed E-state index contributed by atoms with van der Waals surface area (Å²) in [5, 5.41) is 16.0. The average molecular weight is 461 g/mol. The van der Waals surface area contributed by atoms with Crippen molar-refractivity contribution < 1.29 is 4.39 Å². The van der Waals surface area contributed by atoms with Gasteiger partial charge in [0.05, 0.1) is 30.4 Å². The summed E-state index contributed by atoms with van der Waals surface area (Å²) in [7, 11) is 0. The molecule has 1 fully saturated rings. The molecule has 2 atom stereocenters. The van der Waals surface area contributed by atoms with Crippen LogP contribution in [0.2, 0.25) is 0 Å². The molecule has 1 N–H and O–H groups in total. The largest absolute Gasteiger partial charge is 0.354 e. The Morgan fingerprint density at radius 2 is 2.30 bits per heavy atom. The maximum Gasteiger partial charge on any atom is 0.166 e. The molecule has 0 unspecified atom stereocenters. The summed E-state index contributed by atoms with van der Waals surface area (Å²) in [5.74, 6) is 1.30. The molecule has 4 aromatic heterocycles. The van der Waals surface area contributed by atoms with Crippen LogP contribution in [0.5, 0.6) is 0 Å². The van der Waals surface area contributed by atoms with Crippen molar-refractivity contribution >= 4 is 28.6 Å². The smallest absolute Gasteiger partial charge is 0.166 e. The third-order valence-corrected chi connectivity index (χ3v) is 7.58. The van der Waals surface area contributed by atoms with E-state index in [1.807, 2.05) is 28.0 Å². The monoisotopic (exact) mass is 460 g/mol. The Morgan fingerprint density at radius 3 is 3.21 bits per heavy atom. The van der Waals surface area contributed by atoms with Crippen LogP contribution in [0.25, 0.3) is 22.3 Å². The van der Waals surface area contributed by atoms with Crippen LogP contribution in [0.1, 0.15) is 24.4 Å². The van der Waals surface area contributed by atoms with Gasteiger partial charge in [-0.3, -0.25) is 4.68 Å². The molecule has 33 heavy (non-hydrogen) atoms. The predicted molar refractivity (Wildman–Crippen MR) is 123 cm³/mol. The molecule has 8 nitrogen and oxygen atoms in total. The van der Waals surface area contributed by atoms with Gasteiger partial charge in [0.2, 0.25) is 0 Å². The van der Waals surface area contributed by atoms with Crippen molar-refractivity contribution in [2.75, 3.05) is 23.7 Å². The number of aromatic nitrogens is 6. The first-order valence-corrected chi connectivity index (χ1v) is 12.0. The topological polar surface area (TPSA) is 99.3 Å². The van der Waals surface area contributed by atoms with E-state index in [2.05, 4.69) is 31.1 Å². The van der Waals surface area contributed by atoms with Crippen LogP contribution in [0.15, 0.2) is 42.1 Å². The molecule has 10 heteroatoms. The van der Waals surface area contributed by atoms with E-state index in [1.165, 1.54) is 6.33 Å². The van der Waals surface area contributed by atoms with Crippen LogP contribution in [-0.2, 0) is 6.42 Å². The molecule has 0 saturated carbocycles. The van der Waals surface area contributed by atoms with Gasteiger partial charge in [-0.05, 0) is 30.5 Å². The minimum absolute atomic E-state index is 0.107. The second-order valence-corrected chi connectivity index (χ2v) is 9.54. The number of anilines is 1. The zero-order valence-corrected chi connectivity index (χ0v) is 18.6. The SMILES string of the molecule is N#CC[C@@H]([C@H]1CCN(c2nc3c(cc2F)CCS3)C1)n1cc(-c2ncnc3[nH]ccc23)cn1. The van der Waals surface area contributed by atoms with E-state index in [1.54, 1.807) is 24.0 Å². The van der Waals surface area contributed by atoms with E-state index in [-0.39, 0.29) is 17.8 Å². The second kappa shape index (κ2) is 8.15. The molecule has 0 aromatic carbocycles. The number of nitriles is 1. The fraction of sp³-hybridized carbons (Fsp3) is 0.348. The lowest BCUT2D eigenvalue weighted by Gasteiger charge is -2.23. The highest BCUT2D eigenvalue weighted by Gasteiger charge is 2.33. The number of nitrogens with zero attached hydrogens (tertiary/aromatic N) is 7. The number of halogens is 1. The number of pyridine rings is 1. The van der Waals surface area contributed by atoms with Gasteiger partial charge in [-0.1, -0.05) is 0 Å². The summed E-state index contributed by atoms with van der Waals surface area (Å²) in [6.45, 7) is 1.36. The molecule has 0 aliphatic carbocycles. The molecule has 166 valence electrons. The Hall–Kier alpha value is -3.45. The zero-order valence-electron chi connectivity index (χ0n) is 17.8. The van der Waals surface area contributed by atoms with E-state index in [4.69, 9.17) is 0 Å². The van der Waals surface area contributed by atoms with E-state index in [9.17, 15) is 9.65 Å². The molecule has 1 saturated heterocycles. The Morgan fingerprint density at radius 1 is 1.36 bits per heavy atom. The highest BCUT2D eigenvalue weighted by Crippen LogP contribution is 2.37. The van der Waals surface area contributed by atoms with Crippen molar-refractivity contribution in [2.45, 2.75) is 30.3 Å². The fourth-order valence-electron chi connectivity index (χ4n) is 4.89. The minimum Gasteiger partial charge on any atom is -0.354 e. The molecule has 6 rings (SSSR count). The van der Waals surface area contributed by atoms with Gasteiger partial charge >= 0.3 is 0 Å². The van der Waals surface area contributed by atoms with Crippen molar-refractivity contribution in [3.63, 3.8) is 0 Å². The molecule has 6 heterocycles. The highest BCUT2D eigenvalue weighted by atomic mass is 32.2. The number of fused-ring (bicyclic) bond motifs is 2. The maximum atomic E-state index is 14.8. The maximum absolute atomic E-state index is 14.8. The average Bonchev–Trinajstić information content (AvgIpc) is 3.62. The Bertz CT molecular complexity index is 1370.